The van der Waals surface area contributed by atoms with Gasteiger partial charge in [0.05, 0.1) is 6.54 Å². The molecule has 5 heteroatoms. The monoisotopic (exact) mass is 250 g/mol. The van der Waals surface area contributed by atoms with E-state index >= 15 is 0 Å². The first-order chi connectivity index (χ1) is 8.56. The van der Waals surface area contributed by atoms with Crippen LogP contribution in [0, 0.1) is 12.7 Å². The molecule has 0 unspecified atom stereocenters. The van der Waals surface area contributed by atoms with Crippen LogP contribution in [-0.4, -0.2) is 24.4 Å². The van der Waals surface area contributed by atoms with Gasteiger partial charge in [-0.15, -0.1) is 0 Å². The number of carbonyl (C=O) groups is 2. The van der Waals surface area contributed by atoms with E-state index in [1.165, 1.54) is 18.2 Å². The number of benzene rings is 1. The van der Waals surface area contributed by atoms with E-state index in [0.29, 0.717) is 5.56 Å². The van der Waals surface area contributed by atoms with E-state index in [1.54, 1.807) is 6.92 Å². The predicted molar refractivity (Wildman–Crippen MR) is 64.6 cm³/mol. The summed E-state index contributed by atoms with van der Waals surface area (Å²) in [5.41, 5.74) is 0.704. The van der Waals surface area contributed by atoms with Crippen molar-refractivity contribution in [3.05, 3.63) is 35.1 Å². The van der Waals surface area contributed by atoms with Gasteiger partial charge >= 0.3 is 0 Å². The molecular weight excluding hydrogens is 235 g/mol. The van der Waals surface area contributed by atoms with Gasteiger partial charge in [-0.25, -0.2) is 4.39 Å². The Morgan fingerprint density at radius 1 is 1.39 bits per heavy atom. The average Bonchev–Trinajstić information content (AvgIpc) is 3.13. The minimum atomic E-state index is -0.445. The highest BCUT2D eigenvalue weighted by molar-refractivity contribution is 5.96. The van der Waals surface area contributed by atoms with Crippen LogP contribution in [0.5, 0.6) is 0 Å². The molecule has 1 fully saturated rings. The Bertz CT molecular complexity index is 484. The Morgan fingerprint density at radius 2 is 2.11 bits per heavy atom. The highest BCUT2D eigenvalue weighted by Crippen LogP contribution is 2.18. The fourth-order valence-corrected chi connectivity index (χ4v) is 1.50. The number of rotatable bonds is 4. The minimum Gasteiger partial charge on any atom is -0.352 e. The number of aryl methyl sites for hydroxylation is 1. The number of halogens is 1. The van der Waals surface area contributed by atoms with Crippen LogP contribution < -0.4 is 10.6 Å². The maximum Gasteiger partial charge on any atom is 0.251 e. The molecule has 0 spiro atoms. The van der Waals surface area contributed by atoms with Gasteiger partial charge in [0.15, 0.2) is 0 Å². The van der Waals surface area contributed by atoms with Gasteiger partial charge in [-0.3, -0.25) is 9.59 Å². The third-order valence-corrected chi connectivity index (χ3v) is 2.79. The molecule has 1 aliphatic rings. The molecule has 0 radical (unpaired) electrons. The summed E-state index contributed by atoms with van der Waals surface area (Å²) in [6.07, 6.45) is 2.01. The van der Waals surface area contributed by atoms with Gasteiger partial charge in [0.1, 0.15) is 5.82 Å². The van der Waals surface area contributed by atoms with Crippen molar-refractivity contribution in [3.8, 4) is 0 Å². The molecule has 2 amide bonds. The van der Waals surface area contributed by atoms with E-state index in [-0.39, 0.29) is 24.1 Å². The molecule has 4 nitrogen and oxygen atoms in total. The highest BCUT2D eigenvalue weighted by Gasteiger charge is 2.23. The van der Waals surface area contributed by atoms with Crippen molar-refractivity contribution < 1.29 is 14.0 Å². The Hall–Kier alpha value is -1.91. The second-order valence-corrected chi connectivity index (χ2v) is 4.49. The van der Waals surface area contributed by atoms with E-state index in [2.05, 4.69) is 10.6 Å². The molecule has 2 rings (SSSR count). The predicted octanol–water partition coefficient (Wildman–Crippen LogP) is 1.14. The maximum absolute atomic E-state index is 13.3. The molecule has 1 aromatic rings. The van der Waals surface area contributed by atoms with Gasteiger partial charge in [0.2, 0.25) is 5.91 Å². The van der Waals surface area contributed by atoms with Crippen LogP contribution in [0.25, 0.3) is 0 Å². The summed E-state index contributed by atoms with van der Waals surface area (Å²) < 4.78 is 13.3. The van der Waals surface area contributed by atoms with Crippen LogP contribution >= 0.6 is 0 Å². The molecule has 1 saturated carbocycles. The summed E-state index contributed by atoms with van der Waals surface area (Å²) in [5.74, 6) is -1.08. The SMILES string of the molecule is Cc1ccc(C(=O)NCC(=O)NC2CC2)cc1F. The van der Waals surface area contributed by atoms with Gasteiger partial charge in [-0.1, -0.05) is 6.07 Å². The number of amides is 2. The molecule has 0 aromatic heterocycles. The molecular formula is C13H15FN2O2. The summed E-state index contributed by atoms with van der Waals surface area (Å²) in [4.78, 5) is 23.0. The van der Waals surface area contributed by atoms with Crippen molar-refractivity contribution in [2.75, 3.05) is 6.54 Å². The first-order valence-electron chi connectivity index (χ1n) is 5.90. The standard InChI is InChI=1S/C13H15FN2O2/c1-8-2-3-9(6-11(8)14)13(18)15-7-12(17)16-10-4-5-10/h2-3,6,10H,4-5,7H2,1H3,(H,15,18)(H,16,17). The summed E-state index contributed by atoms with van der Waals surface area (Å²) in [6.45, 7) is 1.55. The van der Waals surface area contributed by atoms with Crippen LogP contribution in [0.4, 0.5) is 4.39 Å². The zero-order chi connectivity index (χ0) is 13.1. The quantitative estimate of drug-likeness (QED) is 0.842. The lowest BCUT2D eigenvalue weighted by molar-refractivity contribution is -0.120. The molecule has 96 valence electrons. The van der Waals surface area contributed by atoms with E-state index in [1.807, 2.05) is 0 Å². The first kappa shape index (κ1) is 12.5. The smallest absolute Gasteiger partial charge is 0.251 e. The lowest BCUT2D eigenvalue weighted by Crippen LogP contribution is -2.37. The van der Waals surface area contributed by atoms with Crippen LogP contribution in [0.15, 0.2) is 18.2 Å². The largest absolute Gasteiger partial charge is 0.352 e. The van der Waals surface area contributed by atoms with Crippen LogP contribution in [-0.2, 0) is 4.79 Å². The Kier molecular flexibility index (Phi) is 3.60. The number of hydrogen-bond acceptors (Lipinski definition) is 2. The van der Waals surface area contributed by atoms with Crippen molar-refractivity contribution in [3.63, 3.8) is 0 Å². The minimum absolute atomic E-state index is 0.0785. The fourth-order valence-electron chi connectivity index (χ4n) is 1.50. The molecule has 0 heterocycles. The summed E-state index contributed by atoms with van der Waals surface area (Å²) >= 11 is 0. The van der Waals surface area contributed by atoms with Gasteiger partial charge in [0, 0.05) is 11.6 Å². The first-order valence-corrected chi connectivity index (χ1v) is 5.90. The summed E-state index contributed by atoms with van der Waals surface area (Å²) in [6, 6.07) is 4.51. The van der Waals surface area contributed by atoms with Gasteiger partial charge in [-0.05, 0) is 37.5 Å². The van der Waals surface area contributed by atoms with Gasteiger partial charge in [0.25, 0.3) is 5.91 Å². The molecule has 0 aliphatic heterocycles. The van der Waals surface area contributed by atoms with Crippen LogP contribution in [0.3, 0.4) is 0 Å². The molecule has 0 atom stereocenters. The lowest BCUT2D eigenvalue weighted by atomic mass is 10.1. The second-order valence-electron chi connectivity index (χ2n) is 4.49. The molecule has 0 saturated heterocycles. The zero-order valence-electron chi connectivity index (χ0n) is 10.1. The van der Waals surface area contributed by atoms with E-state index in [9.17, 15) is 14.0 Å². The van der Waals surface area contributed by atoms with Crippen LogP contribution in [0.2, 0.25) is 0 Å². The molecule has 0 bridgehead atoms. The summed E-state index contributed by atoms with van der Waals surface area (Å²) in [5, 5.41) is 5.21. The van der Waals surface area contributed by atoms with Crippen molar-refractivity contribution >= 4 is 11.8 Å². The Balaban J connectivity index is 1.86. The third kappa shape index (κ3) is 3.29. The molecule has 2 N–H and O–H groups in total. The van der Waals surface area contributed by atoms with Crippen molar-refractivity contribution in [2.45, 2.75) is 25.8 Å². The third-order valence-electron chi connectivity index (χ3n) is 2.79. The highest BCUT2D eigenvalue weighted by atomic mass is 19.1. The number of nitrogens with one attached hydrogen (secondary N) is 2. The molecule has 18 heavy (non-hydrogen) atoms. The van der Waals surface area contributed by atoms with Crippen molar-refractivity contribution in [1.82, 2.24) is 10.6 Å². The van der Waals surface area contributed by atoms with E-state index in [4.69, 9.17) is 0 Å². The van der Waals surface area contributed by atoms with Gasteiger partial charge < -0.3 is 10.6 Å². The number of hydrogen-bond donors (Lipinski definition) is 2. The normalized spacial score (nSPS) is 14.1. The van der Waals surface area contributed by atoms with E-state index in [0.717, 1.165) is 12.8 Å². The zero-order valence-corrected chi connectivity index (χ0v) is 10.1. The van der Waals surface area contributed by atoms with Crippen molar-refractivity contribution in [1.29, 1.82) is 0 Å². The van der Waals surface area contributed by atoms with E-state index < -0.39 is 11.7 Å². The Morgan fingerprint density at radius 3 is 2.72 bits per heavy atom. The molecule has 1 aliphatic carbocycles. The number of carbonyl (C=O) groups excluding carboxylic acids is 2. The molecule has 1 aromatic carbocycles. The average molecular weight is 250 g/mol. The topological polar surface area (TPSA) is 58.2 Å². The summed E-state index contributed by atoms with van der Waals surface area (Å²) in [7, 11) is 0. The van der Waals surface area contributed by atoms with Crippen molar-refractivity contribution in [2.24, 2.45) is 0 Å². The van der Waals surface area contributed by atoms with Crippen LogP contribution in [0.1, 0.15) is 28.8 Å². The maximum atomic E-state index is 13.3. The fraction of sp³-hybridized carbons (Fsp3) is 0.385. The lowest BCUT2D eigenvalue weighted by Gasteiger charge is -2.06. The van der Waals surface area contributed by atoms with Gasteiger partial charge in [-0.2, -0.15) is 0 Å². The Labute approximate surface area is 105 Å². The second kappa shape index (κ2) is 5.16.